The number of aryl methyl sites for hydroxylation is 2. The first kappa shape index (κ1) is 21.6. The Kier molecular flexibility index (Phi) is 6.61. The Balaban J connectivity index is 1.87. The van der Waals surface area contributed by atoms with Crippen molar-refractivity contribution in [3.05, 3.63) is 56.9 Å². The van der Waals surface area contributed by atoms with Crippen LogP contribution in [0.4, 0.5) is 5.69 Å². The Bertz CT molecular complexity index is 1200. The van der Waals surface area contributed by atoms with Crippen LogP contribution in [0, 0.1) is 0 Å². The van der Waals surface area contributed by atoms with Crippen LogP contribution in [0.1, 0.15) is 19.4 Å². The second-order valence-electron chi connectivity index (χ2n) is 6.66. The van der Waals surface area contributed by atoms with Crippen LogP contribution in [0.25, 0.3) is 11.0 Å². The molecule has 2 aromatic heterocycles. The molecule has 2 heterocycles. The molecule has 0 saturated heterocycles. The van der Waals surface area contributed by atoms with E-state index >= 15 is 0 Å². The molecule has 1 amide bonds. The van der Waals surface area contributed by atoms with Gasteiger partial charge in [0.25, 0.3) is 5.56 Å². The summed E-state index contributed by atoms with van der Waals surface area (Å²) in [5, 5.41) is 3.20. The van der Waals surface area contributed by atoms with Crippen molar-refractivity contribution in [1.29, 1.82) is 0 Å². The quantitative estimate of drug-likeness (QED) is 0.581. The molecule has 0 aliphatic rings. The molecule has 1 aromatic carbocycles. The number of carbonyl (C=O) groups is 1. The van der Waals surface area contributed by atoms with Gasteiger partial charge in [0.15, 0.2) is 0 Å². The summed E-state index contributed by atoms with van der Waals surface area (Å²) in [7, 11) is 3.02. The summed E-state index contributed by atoms with van der Waals surface area (Å²) in [5.41, 5.74) is 0.989. The number of pyridine rings is 1. The van der Waals surface area contributed by atoms with Gasteiger partial charge in [-0.15, -0.1) is 11.8 Å². The van der Waals surface area contributed by atoms with Gasteiger partial charge in [-0.1, -0.05) is 6.92 Å². The van der Waals surface area contributed by atoms with E-state index < -0.39 is 11.2 Å². The molecule has 0 aliphatic heterocycles. The molecule has 0 aliphatic carbocycles. The predicted octanol–water partition coefficient (Wildman–Crippen LogP) is 2.32. The largest absolute Gasteiger partial charge is 0.494 e. The van der Waals surface area contributed by atoms with Gasteiger partial charge >= 0.3 is 5.69 Å². The standard InChI is InChI=1S/C21H24N4O4S/c1-5-13-11-22-19-17(20(27)25(4)21(28)24(19)3)18(13)30-12-16(26)23-14-7-9-15(10-8-14)29-6-2/h7-11H,5-6,12H2,1-4H3,(H,23,26). The number of nitrogens with zero attached hydrogens (tertiary/aromatic N) is 3. The maximum Gasteiger partial charge on any atom is 0.332 e. The van der Waals surface area contributed by atoms with Crippen molar-refractivity contribution < 1.29 is 9.53 Å². The van der Waals surface area contributed by atoms with Crippen molar-refractivity contribution in [1.82, 2.24) is 14.1 Å². The normalized spacial score (nSPS) is 10.9. The van der Waals surface area contributed by atoms with E-state index in [4.69, 9.17) is 4.74 Å². The fourth-order valence-electron chi connectivity index (χ4n) is 3.09. The molecule has 0 saturated carbocycles. The van der Waals surface area contributed by atoms with Crippen molar-refractivity contribution >= 4 is 34.4 Å². The van der Waals surface area contributed by atoms with E-state index in [1.165, 1.54) is 23.4 Å². The second-order valence-corrected chi connectivity index (χ2v) is 7.65. The van der Waals surface area contributed by atoms with Gasteiger partial charge in [-0.3, -0.25) is 18.7 Å². The zero-order valence-electron chi connectivity index (χ0n) is 17.4. The van der Waals surface area contributed by atoms with Crippen LogP contribution >= 0.6 is 11.8 Å². The van der Waals surface area contributed by atoms with Crippen molar-refractivity contribution in [2.45, 2.75) is 25.2 Å². The fourth-order valence-corrected chi connectivity index (χ4v) is 4.15. The van der Waals surface area contributed by atoms with Crippen molar-refractivity contribution in [2.24, 2.45) is 14.1 Å². The molecule has 3 rings (SSSR count). The predicted molar refractivity (Wildman–Crippen MR) is 119 cm³/mol. The van der Waals surface area contributed by atoms with Crippen LogP contribution in [0.3, 0.4) is 0 Å². The molecule has 8 nitrogen and oxygen atoms in total. The lowest BCUT2D eigenvalue weighted by atomic mass is 10.2. The molecule has 158 valence electrons. The maximum absolute atomic E-state index is 12.8. The van der Waals surface area contributed by atoms with Crippen LogP contribution in [0.5, 0.6) is 5.75 Å². The minimum Gasteiger partial charge on any atom is -0.494 e. The third-order valence-corrected chi connectivity index (χ3v) is 5.83. The highest BCUT2D eigenvalue weighted by Gasteiger charge is 2.18. The van der Waals surface area contributed by atoms with Crippen molar-refractivity contribution in [3.63, 3.8) is 0 Å². The summed E-state index contributed by atoms with van der Waals surface area (Å²) in [6.07, 6.45) is 2.31. The SMILES string of the molecule is CCOc1ccc(NC(=O)CSc2c(CC)cnc3c2c(=O)n(C)c(=O)n3C)cc1. The lowest BCUT2D eigenvalue weighted by Gasteiger charge is -2.13. The van der Waals surface area contributed by atoms with Crippen LogP contribution in [0.15, 0.2) is 44.9 Å². The number of rotatable bonds is 7. The van der Waals surface area contributed by atoms with E-state index in [0.29, 0.717) is 34.6 Å². The number of fused-ring (bicyclic) bond motifs is 1. The number of hydrogen-bond donors (Lipinski definition) is 1. The van der Waals surface area contributed by atoms with Gasteiger partial charge in [-0.2, -0.15) is 0 Å². The minimum absolute atomic E-state index is 0.116. The number of anilines is 1. The lowest BCUT2D eigenvalue weighted by Crippen LogP contribution is -2.37. The summed E-state index contributed by atoms with van der Waals surface area (Å²) in [4.78, 5) is 42.5. The molecule has 3 aromatic rings. The van der Waals surface area contributed by atoms with Gasteiger partial charge in [0.2, 0.25) is 5.91 Å². The highest BCUT2D eigenvalue weighted by molar-refractivity contribution is 8.00. The Morgan fingerprint density at radius 1 is 1.13 bits per heavy atom. The third-order valence-electron chi connectivity index (χ3n) is 4.67. The Hall–Kier alpha value is -3.07. The first-order valence-electron chi connectivity index (χ1n) is 9.60. The minimum atomic E-state index is -0.437. The first-order chi connectivity index (χ1) is 14.4. The van der Waals surface area contributed by atoms with Crippen LogP contribution in [-0.4, -0.2) is 32.4 Å². The maximum atomic E-state index is 12.8. The van der Waals surface area contributed by atoms with Gasteiger partial charge in [0, 0.05) is 30.9 Å². The molecule has 9 heteroatoms. The number of ether oxygens (including phenoxy) is 1. The van der Waals surface area contributed by atoms with E-state index in [2.05, 4.69) is 10.3 Å². The summed E-state index contributed by atoms with van der Waals surface area (Å²) in [5.74, 6) is 0.658. The van der Waals surface area contributed by atoms with E-state index in [0.717, 1.165) is 15.9 Å². The number of carbonyl (C=O) groups excluding carboxylic acids is 1. The van der Waals surface area contributed by atoms with Gasteiger partial charge in [-0.05, 0) is 43.2 Å². The molecular weight excluding hydrogens is 404 g/mol. The van der Waals surface area contributed by atoms with Gasteiger partial charge in [0.1, 0.15) is 11.4 Å². The molecule has 0 unspecified atom stereocenters. The Morgan fingerprint density at radius 2 is 1.83 bits per heavy atom. The van der Waals surface area contributed by atoms with Gasteiger partial charge in [-0.25, -0.2) is 9.78 Å². The summed E-state index contributed by atoms with van der Waals surface area (Å²) < 4.78 is 7.81. The smallest absolute Gasteiger partial charge is 0.332 e. The van der Waals surface area contributed by atoms with Crippen LogP contribution in [0.2, 0.25) is 0 Å². The van der Waals surface area contributed by atoms with E-state index in [-0.39, 0.29) is 11.7 Å². The fraction of sp³-hybridized carbons (Fsp3) is 0.333. The molecular formula is C21H24N4O4S. The molecule has 30 heavy (non-hydrogen) atoms. The van der Waals surface area contributed by atoms with Gasteiger partial charge in [0.05, 0.1) is 17.7 Å². The van der Waals surface area contributed by atoms with Crippen LogP contribution < -0.4 is 21.3 Å². The molecule has 0 bridgehead atoms. The average Bonchev–Trinajstić information content (AvgIpc) is 2.75. The van der Waals surface area contributed by atoms with Crippen molar-refractivity contribution in [3.8, 4) is 5.75 Å². The second kappa shape index (κ2) is 9.17. The molecule has 0 spiro atoms. The zero-order valence-corrected chi connectivity index (χ0v) is 18.2. The van der Waals surface area contributed by atoms with Crippen LogP contribution in [-0.2, 0) is 25.3 Å². The number of hydrogen-bond acceptors (Lipinski definition) is 6. The van der Waals surface area contributed by atoms with Gasteiger partial charge < -0.3 is 10.1 Å². The molecule has 0 atom stereocenters. The molecule has 0 radical (unpaired) electrons. The highest BCUT2D eigenvalue weighted by atomic mass is 32.2. The average molecular weight is 429 g/mol. The number of benzene rings is 1. The summed E-state index contributed by atoms with van der Waals surface area (Å²) in [6.45, 7) is 4.44. The van der Waals surface area contributed by atoms with E-state index in [9.17, 15) is 14.4 Å². The number of aromatic nitrogens is 3. The topological polar surface area (TPSA) is 95.2 Å². The molecule has 0 fully saturated rings. The first-order valence-corrected chi connectivity index (χ1v) is 10.6. The Labute approximate surface area is 177 Å². The lowest BCUT2D eigenvalue weighted by molar-refractivity contribution is -0.113. The number of amides is 1. The molecule has 1 N–H and O–H groups in total. The third kappa shape index (κ3) is 4.25. The number of nitrogens with one attached hydrogen (secondary N) is 1. The summed E-state index contributed by atoms with van der Waals surface area (Å²) >= 11 is 1.27. The summed E-state index contributed by atoms with van der Waals surface area (Å²) in [6, 6.07) is 7.14. The van der Waals surface area contributed by atoms with Crippen molar-refractivity contribution in [2.75, 3.05) is 17.7 Å². The van der Waals surface area contributed by atoms with E-state index in [1.54, 1.807) is 37.5 Å². The monoisotopic (exact) mass is 428 g/mol. The highest BCUT2D eigenvalue weighted by Crippen LogP contribution is 2.28. The Morgan fingerprint density at radius 3 is 2.47 bits per heavy atom. The van der Waals surface area contributed by atoms with E-state index in [1.807, 2.05) is 13.8 Å². The zero-order chi connectivity index (χ0) is 21.8. The number of thioether (sulfide) groups is 1.